The molecule has 0 radical (unpaired) electrons. The van der Waals surface area contributed by atoms with Crippen molar-refractivity contribution in [2.45, 2.75) is 19.4 Å². The number of ether oxygens (including phenoxy) is 1. The number of hydrogen-bond donors (Lipinski definition) is 2. The van der Waals surface area contributed by atoms with Crippen molar-refractivity contribution in [3.63, 3.8) is 0 Å². The van der Waals surface area contributed by atoms with Crippen molar-refractivity contribution >= 4 is 34.4 Å². The summed E-state index contributed by atoms with van der Waals surface area (Å²) in [6.07, 6.45) is 4.79. The van der Waals surface area contributed by atoms with Gasteiger partial charge >= 0.3 is 0 Å². The second kappa shape index (κ2) is 8.30. The molecule has 3 aromatic rings. The maximum absolute atomic E-state index is 14.3. The van der Waals surface area contributed by atoms with Crippen LogP contribution in [0, 0.1) is 5.82 Å². The molecule has 29 heavy (non-hydrogen) atoms. The number of carbonyl (C=O) groups excluding carboxylic acids is 1. The van der Waals surface area contributed by atoms with Gasteiger partial charge in [0.1, 0.15) is 5.65 Å². The summed E-state index contributed by atoms with van der Waals surface area (Å²) in [5.41, 5.74) is 1.31. The van der Waals surface area contributed by atoms with Crippen LogP contribution in [0.4, 0.5) is 10.2 Å². The van der Waals surface area contributed by atoms with Crippen molar-refractivity contribution in [1.82, 2.24) is 24.8 Å². The number of pyridine rings is 1. The van der Waals surface area contributed by atoms with E-state index in [9.17, 15) is 9.18 Å². The lowest BCUT2D eigenvalue weighted by Crippen LogP contribution is -2.51. The van der Waals surface area contributed by atoms with Gasteiger partial charge in [-0.3, -0.25) is 4.79 Å². The lowest BCUT2D eigenvalue weighted by molar-refractivity contribution is -0.138. The summed E-state index contributed by atoms with van der Waals surface area (Å²) >= 11 is 6.04. The Morgan fingerprint density at radius 2 is 2.31 bits per heavy atom. The summed E-state index contributed by atoms with van der Waals surface area (Å²) in [7, 11) is 0. The van der Waals surface area contributed by atoms with Crippen molar-refractivity contribution in [1.29, 1.82) is 0 Å². The molecule has 0 aromatic carbocycles. The van der Waals surface area contributed by atoms with Gasteiger partial charge in [-0.1, -0.05) is 18.5 Å². The quantitative estimate of drug-likeness (QED) is 0.661. The van der Waals surface area contributed by atoms with Crippen LogP contribution in [0.3, 0.4) is 0 Å². The Kier molecular flexibility index (Phi) is 5.59. The second-order valence-electron chi connectivity index (χ2n) is 6.69. The summed E-state index contributed by atoms with van der Waals surface area (Å²) in [6.45, 7) is 3.57. The van der Waals surface area contributed by atoms with Gasteiger partial charge < -0.3 is 19.9 Å². The first-order valence-electron chi connectivity index (χ1n) is 9.33. The van der Waals surface area contributed by atoms with Gasteiger partial charge in [0.2, 0.25) is 5.91 Å². The highest BCUT2D eigenvalue weighted by Crippen LogP contribution is 2.28. The fourth-order valence-corrected chi connectivity index (χ4v) is 3.51. The molecule has 0 spiro atoms. The number of nitrogens with zero attached hydrogens (tertiary/aromatic N) is 4. The lowest BCUT2D eigenvalue weighted by Gasteiger charge is -2.35. The SMILES string of the molecule is CCC(=O)N1CCOCC1CNc1nc(-c2c[nH]c3ncc(Cl)cc23)ncc1F. The number of nitrogens with one attached hydrogen (secondary N) is 2. The highest BCUT2D eigenvalue weighted by molar-refractivity contribution is 6.31. The summed E-state index contributed by atoms with van der Waals surface area (Å²) in [5.74, 6) is -0.124. The highest BCUT2D eigenvalue weighted by atomic mass is 35.5. The fourth-order valence-electron chi connectivity index (χ4n) is 3.35. The van der Waals surface area contributed by atoms with Gasteiger partial charge in [0.05, 0.1) is 30.5 Å². The van der Waals surface area contributed by atoms with E-state index in [-0.39, 0.29) is 17.8 Å². The minimum absolute atomic E-state index is 0.0483. The molecule has 1 amide bonds. The number of carbonyl (C=O) groups is 1. The van der Waals surface area contributed by atoms with Gasteiger partial charge in [-0.25, -0.2) is 19.3 Å². The van der Waals surface area contributed by atoms with Gasteiger partial charge in [-0.15, -0.1) is 0 Å². The largest absolute Gasteiger partial charge is 0.377 e. The highest BCUT2D eigenvalue weighted by Gasteiger charge is 2.26. The predicted molar refractivity (Wildman–Crippen MR) is 107 cm³/mol. The number of aromatic nitrogens is 4. The zero-order valence-corrected chi connectivity index (χ0v) is 16.5. The van der Waals surface area contributed by atoms with Gasteiger partial charge in [0, 0.05) is 42.9 Å². The number of fused-ring (bicyclic) bond motifs is 1. The van der Waals surface area contributed by atoms with E-state index in [0.29, 0.717) is 54.8 Å². The van der Waals surface area contributed by atoms with Crippen LogP contribution >= 0.6 is 11.6 Å². The van der Waals surface area contributed by atoms with E-state index in [1.54, 1.807) is 17.2 Å². The molecule has 1 unspecified atom stereocenters. The number of hydrogen-bond acceptors (Lipinski definition) is 6. The molecule has 0 bridgehead atoms. The summed E-state index contributed by atoms with van der Waals surface area (Å²) in [6, 6.07) is 1.56. The average molecular weight is 419 g/mol. The summed E-state index contributed by atoms with van der Waals surface area (Å²) in [4.78, 5) is 29.6. The number of anilines is 1. The van der Waals surface area contributed by atoms with Crippen LogP contribution < -0.4 is 5.32 Å². The molecule has 1 saturated heterocycles. The number of aromatic amines is 1. The number of halogens is 2. The van der Waals surface area contributed by atoms with Crippen molar-refractivity contribution < 1.29 is 13.9 Å². The molecule has 3 aromatic heterocycles. The lowest BCUT2D eigenvalue weighted by atomic mass is 10.2. The van der Waals surface area contributed by atoms with Crippen molar-refractivity contribution in [2.24, 2.45) is 0 Å². The Morgan fingerprint density at radius 3 is 3.14 bits per heavy atom. The normalized spacial score (nSPS) is 16.9. The fraction of sp³-hybridized carbons (Fsp3) is 0.368. The van der Waals surface area contributed by atoms with E-state index in [0.717, 1.165) is 11.6 Å². The molecule has 1 fully saturated rings. The summed E-state index contributed by atoms with van der Waals surface area (Å²) < 4.78 is 19.8. The number of amides is 1. The van der Waals surface area contributed by atoms with E-state index in [1.165, 1.54) is 6.20 Å². The van der Waals surface area contributed by atoms with E-state index in [1.807, 2.05) is 6.92 Å². The molecule has 4 heterocycles. The monoisotopic (exact) mass is 418 g/mol. The molecule has 0 aliphatic carbocycles. The van der Waals surface area contributed by atoms with Crippen LogP contribution in [0.15, 0.2) is 24.7 Å². The van der Waals surface area contributed by atoms with Gasteiger partial charge in [-0.05, 0) is 6.07 Å². The maximum atomic E-state index is 14.3. The standard InChI is InChI=1S/C19H20ClFN6O2/c1-2-16(28)27-3-4-29-10-12(27)7-23-19-15(21)9-25-18(26-19)14-8-24-17-13(14)5-11(20)6-22-17/h5-6,8-9,12H,2-4,7,10H2,1H3,(H,22,24)(H,23,25,26). The third-order valence-corrected chi connectivity index (χ3v) is 5.04. The Hall–Kier alpha value is -2.78. The van der Waals surface area contributed by atoms with Crippen LogP contribution in [0.2, 0.25) is 5.02 Å². The number of H-pyrrole nitrogens is 1. The first-order chi connectivity index (χ1) is 14.1. The molecule has 4 rings (SSSR count). The molecular weight excluding hydrogens is 399 g/mol. The van der Waals surface area contributed by atoms with Crippen LogP contribution in [0.5, 0.6) is 0 Å². The zero-order valence-electron chi connectivity index (χ0n) is 15.8. The van der Waals surface area contributed by atoms with E-state index in [2.05, 4.69) is 25.3 Å². The van der Waals surface area contributed by atoms with Crippen LogP contribution in [-0.4, -0.2) is 63.1 Å². The molecule has 0 saturated carbocycles. The Balaban J connectivity index is 1.57. The second-order valence-corrected chi connectivity index (χ2v) is 7.13. The third kappa shape index (κ3) is 4.01. The van der Waals surface area contributed by atoms with Crippen LogP contribution in [0.1, 0.15) is 13.3 Å². The molecule has 152 valence electrons. The molecule has 1 aliphatic rings. The molecular formula is C19H20ClFN6O2. The Morgan fingerprint density at radius 1 is 1.45 bits per heavy atom. The van der Waals surface area contributed by atoms with Crippen molar-refractivity contribution in [3.05, 3.63) is 35.5 Å². The van der Waals surface area contributed by atoms with E-state index < -0.39 is 5.82 Å². The average Bonchev–Trinajstić information content (AvgIpc) is 3.16. The van der Waals surface area contributed by atoms with Crippen molar-refractivity contribution in [2.75, 3.05) is 31.6 Å². The maximum Gasteiger partial charge on any atom is 0.222 e. The molecule has 1 aliphatic heterocycles. The molecule has 10 heteroatoms. The predicted octanol–water partition coefficient (Wildman–Crippen LogP) is 2.86. The molecule has 8 nitrogen and oxygen atoms in total. The first-order valence-corrected chi connectivity index (χ1v) is 9.71. The Labute approximate surface area is 171 Å². The van der Waals surface area contributed by atoms with Gasteiger partial charge in [-0.2, -0.15) is 0 Å². The number of morpholine rings is 1. The minimum atomic E-state index is -0.574. The molecule has 2 N–H and O–H groups in total. The van der Waals surface area contributed by atoms with E-state index in [4.69, 9.17) is 16.3 Å². The number of rotatable bonds is 5. The topological polar surface area (TPSA) is 96.0 Å². The van der Waals surface area contributed by atoms with Gasteiger partial charge in [0.25, 0.3) is 0 Å². The first kappa shape index (κ1) is 19.5. The van der Waals surface area contributed by atoms with E-state index >= 15 is 0 Å². The van der Waals surface area contributed by atoms with Crippen molar-refractivity contribution in [3.8, 4) is 11.4 Å². The van der Waals surface area contributed by atoms with Crippen LogP contribution in [-0.2, 0) is 9.53 Å². The molecule has 1 atom stereocenters. The van der Waals surface area contributed by atoms with Crippen LogP contribution in [0.25, 0.3) is 22.4 Å². The Bertz CT molecular complexity index is 1040. The van der Waals surface area contributed by atoms with Gasteiger partial charge in [0.15, 0.2) is 17.5 Å². The smallest absolute Gasteiger partial charge is 0.222 e. The minimum Gasteiger partial charge on any atom is -0.377 e. The third-order valence-electron chi connectivity index (χ3n) is 4.84. The zero-order chi connectivity index (χ0) is 20.4. The summed E-state index contributed by atoms with van der Waals surface area (Å²) in [5, 5.41) is 4.23.